The second-order valence-corrected chi connectivity index (χ2v) is 7.63. The lowest BCUT2D eigenvalue weighted by Gasteiger charge is -2.32. The lowest BCUT2D eigenvalue weighted by molar-refractivity contribution is -0.0720. The van der Waals surface area contributed by atoms with Gasteiger partial charge in [0.15, 0.2) is 0 Å². The third-order valence-electron chi connectivity index (χ3n) is 5.23. The van der Waals surface area contributed by atoms with Crippen LogP contribution in [0.5, 0.6) is 5.75 Å². The Hall–Kier alpha value is -2.68. The molecule has 0 radical (unpaired) electrons. The van der Waals surface area contributed by atoms with Gasteiger partial charge < -0.3 is 25.3 Å². The molecule has 2 heterocycles. The average molecular weight is 393 g/mol. The molecule has 4 N–H and O–H groups in total. The predicted octanol–water partition coefficient (Wildman–Crippen LogP) is 1.89. The van der Waals surface area contributed by atoms with Crippen molar-refractivity contribution in [1.29, 1.82) is 0 Å². The minimum atomic E-state index is -1.57. The number of nitrogen functional groups attached to an aromatic ring is 1. The fourth-order valence-corrected chi connectivity index (χ4v) is 3.91. The number of nitrogens with two attached hydrogens (primary N) is 1. The van der Waals surface area contributed by atoms with Crippen LogP contribution in [0.3, 0.4) is 0 Å². The second-order valence-electron chi connectivity index (χ2n) is 7.63. The van der Waals surface area contributed by atoms with E-state index in [0.29, 0.717) is 22.4 Å². The Morgan fingerprint density at radius 3 is 2.59 bits per heavy atom. The zero-order valence-electron chi connectivity index (χ0n) is 16.4. The van der Waals surface area contributed by atoms with Gasteiger partial charge in [0, 0.05) is 23.8 Å². The quantitative estimate of drug-likeness (QED) is 0.581. The molecule has 1 aliphatic rings. The molecule has 3 aromatic rings. The molecule has 3 atom stereocenters. The first-order valence-electron chi connectivity index (χ1n) is 9.74. The minimum absolute atomic E-state index is 0.0216. The molecule has 0 unspecified atom stereocenters. The van der Waals surface area contributed by atoms with Crippen LogP contribution < -0.4 is 15.9 Å². The van der Waals surface area contributed by atoms with E-state index in [0.717, 1.165) is 29.4 Å². The number of nitrogens with zero attached hydrogens (tertiary/aromatic N) is 2. The van der Waals surface area contributed by atoms with E-state index in [1.54, 1.807) is 18.2 Å². The molecule has 1 saturated heterocycles. The van der Waals surface area contributed by atoms with E-state index in [2.05, 4.69) is 10.2 Å². The van der Waals surface area contributed by atoms with E-state index in [9.17, 15) is 10.0 Å². The first-order valence-corrected chi connectivity index (χ1v) is 9.74. The van der Waals surface area contributed by atoms with Crippen LogP contribution >= 0.6 is 0 Å². The smallest absolute Gasteiger partial charge is 0.488 e. The molecule has 2 aromatic carbocycles. The molecule has 8 heteroatoms. The highest BCUT2D eigenvalue weighted by Gasteiger charge is 2.27. The van der Waals surface area contributed by atoms with Crippen molar-refractivity contribution in [2.45, 2.75) is 45.0 Å². The van der Waals surface area contributed by atoms with Crippen LogP contribution in [0.15, 0.2) is 42.6 Å². The van der Waals surface area contributed by atoms with E-state index in [-0.39, 0.29) is 18.3 Å². The number of fused-ring (bicyclic) bond motifs is 1. The van der Waals surface area contributed by atoms with E-state index < -0.39 is 7.12 Å². The molecule has 0 aliphatic carbocycles. The van der Waals surface area contributed by atoms with Crippen molar-refractivity contribution >= 4 is 29.2 Å². The lowest BCUT2D eigenvalue weighted by Crippen LogP contribution is -2.36. The molecule has 0 amide bonds. The zero-order valence-corrected chi connectivity index (χ0v) is 16.4. The number of benzene rings is 2. The van der Waals surface area contributed by atoms with E-state index in [1.807, 2.05) is 32.0 Å². The second kappa shape index (κ2) is 7.98. The van der Waals surface area contributed by atoms with Crippen LogP contribution in [0.1, 0.15) is 26.7 Å². The first kappa shape index (κ1) is 19.6. The van der Waals surface area contributed by atoms with Gasteiger partial charge in [0.2, 0.25) is 0 Å². The molecule has 1 aliphatic heterocycles. The Labute approximate surface area is 169 Å². The monoisotopic (exact) mass is 393 g/mol. The van der Waals surface area contributed by atoms with Crippen LogP contribution in [0, 0.1) is 0 Å². The maximum Gasteiger partial charge on any atom is 0.488 e. The highest BCUT2D eigenvalue weighted by Crippen LogP contribution is 2.34. The largest absolute Gasteiger partial charge is 0.490 e. The summed E-state index contributed by atoms with van der Waals surface area (Å²) in [5.74, 6) is 0.678. The summed E-state index contributed by atoms with van der Waals surface area (Å²) in [6.45, 7) is 4.09. The molecule has 7 nitrogen and oxygen atoms in total. The fraction of sp³-hybridized carbons (Fsp3) is 0.333. The van der Waals surface area contributed by atoms with Crippen LogP contribution in [0.4, 0.5) is 5.69 Å². The number of ether oxygens (including phenoxy) is 2. The van der Waals surface area contributed by atoms with Crippen molar-refractivity contribution in [2.24, 2.45) is 0 Å². The molecular weight excluding hydrogens is 369 g/mol. The normalized spacial score (nSPS) is 21.9. The van der Waals surface area contributed by atoms with Crippen molar-refractivity contribution < 1.29 is 19.5 Å². The zero-order chi connectivity index (χ0) is 20.5. The number of hydrogen-bond acceptors (Lipinski definition) is 7. The third-order valence-corrected chi connectivity index (χ3v) is 5.23. The van der Waals surface area contributed by atoms with Crippen LogP contribution in [0.2, 0.25) is 0 Å². The van der Waals surface area contributed by atoms with Crippen molar-refractivity contribution in [3.63, 3.8) is 0 Å². The summed E-state index contributed by atoms with van der Waals surface area (Å²) in [7, 11) is -1.57. The Bertz CT molecular complexity index is 1020. The molecule has 150 valence electrons. The van der Waals surface area contributed by atoms with E-state index >= 15 is 0 Å². The summed E-state index contributed by atoms with van der Waals surface area (Å²) < 4.78 is 12.2. The predicted molar refractivity (Wildman–Crippen MR) is 113 cm³/mol. The molecule has 0 spiro atoms. The summed E-state index contributed by atoms with van der Waals surface area (Å²) in [5, 5.41) is 28.2. The van der Waals surface area contributed by atoms with Gasteiger partial charge in [0.05, 0.1) is 29.6 Å². The molecular formula is C21H24BN3O4. The van der Waals surface area contributed by atoms with Crippen LogP contribution in [0.25, 0.3) is 22.0 Å². The number of rotatable bonds is 4. The van der Waals surface area contributed by atoms with Crippen molar-refractivity contribution in [3.8, 4) is 16.9 Å². The van der Waals surface area contributed by atoms with Gasteiger partial charge in [-0.2, -0.15) is 10.2 Å². The summed E-state index contributed by atoms with van der Waals surface area (Å²) in [6, 6.07) is 10.9. The Kier molecular flexibility index (Phi) is 5.40. The van der Waals surface area contributed by atoms with Crippen molar-refractivity contribution in [3.05, 3.63) is 42.6 Å². The molecule has 0 saturated carbocycles. The first-order chi connectivity index (χ1) is 13.9. The van der Waals surface area contributed by atoms with E-state index in [1.165, 1.54) is 6.20 Å². The van der Waals surface area contributed by atoms with Gasteiger partial charge in [-0.1, -0.05) is 18.2 Å². The highest BCUT2D eigenvalue weighted by atomic mass is 16.5. The third kappa shape index (κ3) is 4.19. The molecule has 1 fully saturated rings. The molecule has 1 aromatic heterocycles. The Morgan fingerprint density at radius 2 is 1.86 bits per heavy atom. The number of aromatic nitrogens is 2. The maximum absolute atomic E-state index is 9.64. The topological polar surface area (TPSA) is 111 Å². The lowest BCUT2D eigenvalue weighted by atomic mass is 9.79. The summed E-state index contributed by atoms with van der Waals surface area (Å²) in [6.07, 6.45) is 3.40. The van der Waals surface area contributed by atoms with Crippen LogP contribution in [-0.2, 0) is 4.74 Å². The summed E-state index contributed by atoms with van der Waals surface area (Å²) in [4.78, 5) is 0. The van der Waals surface area contributed by atoms with Gasteiger partial charge in [-0.3, -0.25) is 0 Å². The highest BCUT2D eigenvalue weighted by molar-refractivity contribution is 6.58. The standard InChI is InChI=1S/C21H24BN3O4/c1-12-7-16(8-13(2)28-12)29-21-6-4-15(22(26)27)10-18(21)14-3-5-17-19(23)11-24-25-20(17)9-14/h3-6,9-13,16,26-27H,7-8H2,1-2H3,(H2,23,25)/t12-,13+,16+. The van der Waals surface area contributed by atoms with Gasteiger partial charge in [-0.15, -0.1) is 0 Å². The molecule has 29 heavy (non-hydrogen) atoms. The van der Waals surface area contributed by atoms with Gasteiger partial charge >= 0.3 is 7.12 Å². The van der Waals surface area contributed by atoms with Gasteiger partial charge in [0.25, 0.3) is 0 Å². The van der Waals surface area contributed by atoms with Crippen LogP contribution in [-0.4, -0.2) is 45.7 Å². The SMILES string of the molecule is C[C@@H]1C[C@H](Oc2ccc(B(O)O)cc2-c2ccc3c(N)cnnc3c2)C[C@H](C)O1. The molecule has 0 bridgehead atoms. The molecule has 4 rings (SSSR count). The number of hydrogen-bond donors (Lipinski definition) is 3. The van der Waals surface area contributed by atoms with Gasteiger partial charge in [-0.25, -0.2) is 0 Å². The maximum atomic E-state index is 9.64. The van der Waals surface area contributed by atoms with Crippen molar-refractivity contribution in [2.75, 3.05) is 5.73 Å². The average Bonchev–Trinajstić information content (AvgIpc) is 2.67. The van der Waals surface area contributed by atoms with Crippen molar-refractivity contribution in [1.82, 2.24) is 10.2 Å². The summed E-state index contributed by atoms with van der Waals surface area (Å²) in [5.41, 5.74) is 9.19. The van der Waals surface area contributed by atoms with Gasteiger partial charge in [-0.05, 0) is 43.1 Å². The Balaban J connectivity index is 1.75. The van der Waals surface area contributed by atoms with Gasteiger partial charge in [0.1, 0.15) is 11.9 Å². The minimum Gasteiger partial charge on any atom is -0.490 e. The summed E-state index contributed by atoms with van der Waals surface area (Å²) >= 11 is 0. The van der Waals surface area contributed by atoms with E-state index in [4.69, 9.17) is 15.2 Å². The fourth-order valence-electron chi connectivity index (χ4n) is 3.91. The number of anilines is 1. The Morgan fingerprint density at radius 1 is 1.10 bits per heavy atom.